The van der Waals surface area contributed by atoms with Gasteiger partial charge in [0.05, 0.1) is 50.8 Å². The Balaban J connectivity index is 1.38. The van der Waals surface area contributed by atoms with Crippen LogP contribution in [0.15, 0.2) is 61.1 Å². The predicted octanol–water partition coefficient (Wildman–Crippen LogP) is 8.23. The standard InChI is InChI=1S/C34H34Cl2FN9/c1-20-24(7-6-12-39-20)33(29-19-46(44-43-29)23-10-13-45(14-11-23)34(2,3)4)41-22-15-25-31(42-28-9-5-8-26(35)30(28)37)21(17-38)18-40-32(25)27(36)16-22/h5-9,12,15-16,18-19,23,33,41H,10-11,13-14H2,1-4H3,(H,40,42)/t33-/m0/s1. The molecule has 1 aliphatic rings. The van der Waals surface area contributed by atoms with E-state index in [2.05, 4.69) is 62.7 Å². The van der Waals surface area contributed by atoms with E-state index in [1.54, 1.807) is 24.4 Å². The maximum Gasteiger partial charge on any atom is 0.165 e. The van der Waals surface area contributed by atoms with Gasteiger partial charge in [-0.05, 0) is 70.9 Å². The summed E-state index contributed by atoms with van der Waals surface area (Å²) in [5.74, 6) is -0.627. The molecular weight excluding hydrogens is 624 g/mol. The molecule has 1 saturated heterocycles. The van der Waals surface area contributed by atoms with Crippen molar-refractivity contribution in [3.05, 3.63) is 99.4 Å². The zero-order chi connectivity index (χ0) is 32.6. The molecule has 9 nitrogen and oxygen atoms in total. The molecule has 4 heterocycles. The molecule has 1 aliphatic heterocycles. The van der Waals surface area contributed by atoms with E-state index in [1.165, 1.54) is 12.3 Å². The number of hydrogen-bond donors (Lipinski definition) is 2. The third-order valence-electron chi connectivity index (χ3n) is 8.54. The lowest BCUT2D eigenvalue weighted by molar-refractivity contribution is 0.0866. The fraction of sp³-hybridized carbons (Fsp3) is 0.324. The second-order valence-electron chi connectivity index (χ2n) is 12.5. The molecule has 6 rings (SSSR count). The summed E-state index contributed by atoms with van der Waals surface area (Å²) in [4.78, 5) is 11.5. The van der Waals surface area contributed by atoms with E-state index in [0.29, 0.717) is 27.3 Å². The molecule has 3 aromatic heterocycles. The number of pyridine rings is 2. The van der Waals surface area contributed by atoms with Crippen LogP contribution in [0.1, 0.15) is 68.2 Å². The van der Waals surface area contributed by atoms with Gasteiger partial charge in [0.25, 0.3) is 0 Å². The lowest BCUT2D eigenvalue weighted by atomic mass is 9.98. The quantitative estimate of drug-likeness (QED) is 0.180. The monoisotopic (exact) mass is 657 g/mol. The highest BCUT2D eigenvalue weighted by Crippen LogP contribution is 2.38. The van der Waals surface area contributed by atoms with Crippen molar-refractivity contribution in [3.63, 3.8) is 0 Å². The van der Waals surface area contributed by atoms with Crippen molar-refractivity contribution >= 4 is 51.2 Å². The molecule has 0 unspecified atom stereocenters. The van der Waals surface area contributed by atoms with Crippen LogP contribution in [0.25, 0.3) is 10.9 Å². The summed E-state index contributed by atoms with van der Waals surface area (Å²) in [6.45, 7) is 10.7. The number of anilines is 3. The summed E-state index contributed by atoms with van der Waals surface area (Å²) in [5.41, 5.74) is 4.44. The molecule has 46 heavy (non-hydrogen) atoms. The number of aryl methyl sites for hydroxylation is 1. The van der Waals surface area contributed by atoms with Crippen LogP contribution >= 0.6 is 23.2 Å². The number of halogens is 3. The van der Waals surface area contributed by atoms with E-state index in [1.807, 2.05) is 36.0 Å². The van der Waals surface area contributed by atoms with Crippen molar-refractivity contribution in [2.75, 3.05) is 23.7 Å². The molecule has 0 saturated carbocycles. The normalized spacial score (nSPS) is 15.1. The van der Waals surface area contributed by atoms with E-state index in [0.717, 1.165) is 42.9 Å². The van der Waals surface area contributed by atoms with Gasteiger partial charge < -0.3 is 10.6 Å². The maximum atomic E-state index is 14.9. The van der Waals surface area contributed by atoms with Crippen molar-refractivity contribution < 1.29 is 4.39 Å². The molecule has 0 amide bonds. The molecule has 0 spiro atoms. The highest BCUT2D eigenvalue weighted by atomic mass is 35.5. The summed E-state index contributed by atoms with van der Waals surface area (Å²) in [6, 6.07) is 14.1. The second-order valence-corrected chi connectivity index (χ2v) is 13.3. The molecular formula is C34H34Cl2FN9. The van der Waals surface area contributed by atoms with Gasteiger partial charge in [0.2, 0.25) is 0 Å². The maximum absolute atomic E-state index is 14.9. The Bertz CT molecular complexity index is 1940. The van der Waals surface area contributed by atoms with Crippen LogP contribution in [0.3, 0.4) is 0 Å². The van der Waals surface area contributed by atoms with Crippen LogP contribution < -0.4 is 10.6 Å². The SMILES string of the molecule is Cc1ncccc1[C@H](Nc1cc(Cl)c2ncc(C#N)c(Nc3cccc(Cl)c3F)c2c1)c1cn(C2CCN(C(C)(C)C)CC2)nn1. The molecule has 5 aromatic rings. The van der Waals surface area contributed by atoms with E-state index in [9.17, 15) is 9.65 Å². The Morgan fingerprint density at radius 2 is 1.85 bits per heavy atom. The van der Waals surface area contributed by atoms with E-state index < -0.39 is 11.9 Å². The van der Waals surface area contributed by atoms with Gasteiger partial charge in [0.15, 0.2) is 5.82 Å². The number of piperidine rings is 1. The first-order chi connectivity index (χ1) is 22.0. The molecule has 0 radical (unpaired) electrons. The van der Waals surface area contributed by atoms with Crippen molar-refractivity contribution in [1.29, 1.82) is 5.26 Å². The van der Waals surface area contributed by atoms with Gasteiger partial charge in [-0.15, -0.1) is 5.10 Å². The van der Waals surface area contributed by atoms with Crippen LogP contribution in [-0.2, 0) is 0 Å². The number of nitrogens with zero attached hydrogens (tertiary/aromatic N) is 7. The van der Waals surface area contributed by atoms with Gasteiger partial charge in [0.1, 0.15) is 11.8 Å². The zero-order valence-corrected chi connectivity index (χ0v) is 27.5. The lowest BCUT2D eigenvalue weighted by Crippen LogP contribution is -2.46. The third kappa shape index (κ3) is 6.36. The van der Waals surface area contributed by atoms with Crippen LogP contribution in [-0.4, -0.2) is 48.5 Å². The fourth-order valence-electron chi connectivity index (χ4n) is 5.98. The van der Waals surface area contributed by atoms with Crippen LogP contribution in [0.5, 0.6) is 0 Å². The average Bonchev–Trinajstić information content (AvgIpc) is 3.53. The van der Waals surface area contributed by atoms with Gasteiger partial charge in [-0.2, -0.15) is 5.26 Å². The van der Waals surface area contributed by atoms with E-state index in [4.69, 9.17) is 23.2 Å². The smallest absolute Gasteiger partial charge is 0.165 e. The molecule has 236 valence electrons. The Labute approximate surface area is 277 Å². The first-order valence-electron chi connectivity index (χ1n) is 15.1. The minimum absolute atomic E-state index is 0.0373. The van der Waals surface area contributed by atoms with E-state index >= 15 is 0 Å². The fourth-order valence-corrected chi connectivity index (χ4v) is 6.42. The number of nitriles is 1. The summed E-state index contributed by atoms with van der Waals surface area (Å²) in [7, 11) is 0. The topological polar surface area (TPSA) is 108 Å². The number of hydrogen-bond acceptors (Lipinski definition) is 8. The molecule has 2 N–H and O–H groups in total. The number of fused-ring (bicyclic) bond motifs is 1. The third-order valence-corrected chi connectivity index (χ3v) is 9.12. The van der Waals surface area contributed by atoms with Crippen molar-refractivity contribution in [2.24, 2.45) is 0 Å². The summed E-state index contributed by atoms with van der Waals surface area (Å²) < 4.78 is 16.9. The Kier molecular flexibility index (Phi) is 8.84. The van der Waals surface area contributed by atoms with Gasteiger partial charge in [-0.25, -0.2) is 9.07 Å². The molecule has 12 heteroatoms. The van der Waals surface area contributed by atoms with Gasteiger partial charge >= 0.3 is 0 Å². The molecule has 1 atom stereocenters. The molecule has 2 aromatic carbocycles. The highest BCUT2D eigenvalue weighted by Gasteiger charge is 2.29. The Hall–Kier alpha value is -4.30. The Morgan fingerprint density at radius 3 is 2.57 bits per heavy atom. The average molecular weight is 659 g/mol. The van der Waals surface area contributed by atoms with Crippen LogP contribution in [0.2, 0.25) is 10.0 Å². The number of benzene rings is 2. The number of rotatable bonds is 7. The minimum atomic E-state index is -0.627. The largest absolute Gasteiger partial charge is 0.373 e. The van der Waals surface area contributed by atoms with Crippen LogP contribution in [0.4, 0.5) is 21.5 Å². The Morgan fingerprint density at radius 1 is 1.07 bits per heavy atom. The predicted molar refractivity (Wildman–Crippen MR) is 180 cm³/mol. The zero-order valence-electron chi connectivity index (χ0n) is 26.0. The number of nitrogens with one attached hydrogen (secondary N) is 2. The first-order valence-corrected chi connectivity index (χ1v) is 15.9. The first kappa shape index (κ1) is 31.7. The number of aromatic nitrogens is 5. The minimum Gasteiger partial charge on any atom is -0.373 e. The van der Waals surface area contributed by atoms with Gasteiger partial charge in [-0.1, -0.05) is 40.5 Å². The highest BCUT2D eigenvalue weighted by molar-refractivity contribution is 6.36. The lowest BCUT2D eigenvalue weighted by Gasteiger charge is -2.40. The van der Waals surface area contributed by atoms with Crippen molar-refractivity contribution in [2.45, 2.75) is 58.2 Å². The summed E-state index contributed by atoms with van der Waals surface area (Å²) >= 11 is 12.8. The van der Waals surface area contributed by atoms with E-state index in [-0.39, 0.29) is 27.9 Å². The van der Waals surface area contributed by atoms with Gasteiger partial charge in [-0.3, -0.25) is 14.9 Å². The van der Waals surface area contributed by atoms with Crippen molar-refractivity contribution in [3.8, 4) is 6.07 Å². The molecule has 0 aliphatic carbocycles. The molecule has 1 fully saturated rings. The second kappa shape index (κ2) is 12.8. The molecule has 0 bridgehead atoms. The van der Waals surface area contributed by atoms with Crippen LogP contribution in [0, 0.1) is 24.1 Å². The summed E-state index contributed by atoms with van der Waals surface area (Å²) in [6.07, 6.45) is 7.15. The number of likely N-dealkylation sites (tertiary alicyclic amines) is 1. The van der Waals surface area contributed by atoms with Crippen molar-refractivity contribution in [1.82, 2.24) is 29.9 Å². The van der Waals surface area contributed by atoms with Gasteiger partial charge in [0, 0.05) is 53.4 Å². The summed E-state index contributed by atoms with van der Waals surface area (Å²) in [5, 5.41) is 26.6.